The molecule has 2 aromatic carbocycles. The highest BCUT2D eigenvalue weighted by Gasteiger charge is 2.46. The van der Waals surface area contributed by atoms with Crippen LogP contribution in [0.1, 0.15) is 86.9 Å². The molecule has 10 rings (SSSR count). The number of ether oxygens (including phenoxy) is 4. The molecule has 4 fully saturated rings. The van der Waals surface area contributed by atoms with Gasteiger partial charge in [-0.3, -0.25) is 9.59 Å². The summed E-state index contributed by atoms with van der Waals surface area (Å²) in [5, 5.41) is 10.0. The summed E-state index contributed by atoms with van der Waals surface area (Å²) in [7, 11) is 3.20. The van der Waals surface area contributed by atoms with Gasteiger partial charge in [-0.05, 0) is 113 Å². The predicted octanol–water partition coefficient (Wildman–Crippen LogP) is 7.79. The summed E-state index contributed by atoms with van der Waals surface area (Å²) in [5.41, 5.74) is 18.0. The molecule has 73 heavy (non-hydrogen) atoms. The van der Waals surface area contributed by atoms with Gasteiger partial charge >= 0.3 is 0 Å². The molecule has 392 valence electrons. The highest BCUT2D eigenvalue weighted by atomic mass is 35.5. The zero-order valence-electron chi connectivity index (χ0n) is 43.3. The topological polar surface area (TPSA) is 240 Å². The number of amides is 2. The van der Waals surface area contributed by atoms with Gasteiger partial charge in [-0.15, -0.1) is 0 Å². The SMILES string of the molecule is C1COCC2(CC2)CN1.CCCOCC.CCCOCC.CNC(=O)c1cccc(-c2ccc3c(N)nc(Cl)nc3n2)c1.CNC(=O)c1cccc(-c2ccc3c(N)nc(N4CCOCC5(CC5)C4)nc3n2)c1. The summed E-state index contributed by atoms with van der Waals surface area (Å²) in [6, 6.07) is 21.9. The maximum atomic E-state index is 12.0. The molecular weight excluding hydrogens is 948 g/mol. The molecule has 2 spiro atoms. The van der Waals surface area contributed by atoms with Crippen molar-refractivity contribution in [3.8, 4) is 22.5 Å². The van der Waals surface area contributed by atoms with E-state index >= 15 is 0 Å². The Labute approximate surface area is 434 Å². The van der Waals surface area contributed by atoms with E-state index in [2.05, 4.69) is 54.6 Å². The van der Waals surface area contributed by atoms with Crippen LogP contribution in [0.3, 0.4) is 0 Å². The standard InChI is InChI=1S/C22H24N6O2.C15H12ClN5O.C7H13NO.2C5H12O/c1-24-20(29)15-4-2-3-14(11-15)17-6-5-16-18(23)26-21(27-19(16)25-17)28-9-10-30-13-22(12-28)7-8-22;1-18-14(22)9-4-2-3-8(7-9)11-6-5-10-12(17)20-15(16)21-13(10)19-11;1-2-7(1)5-8-3-4-9-6-7;2*1-3-5-6-4-2/h2-6,11H,7-10,12-13H2,1H3,(H,24,29)(H2,23,25,26,27);2-7H,1H3,(H,18,22)(H2,17,19,20,21);8H,1-6H2;2*3-5H2,1-2H3. The lowest BCUT2D eigenvalue weighted by Crippen LogP contribution is -2.32. The Kier molecular flexibility index (Phi) is 21.4. The molecule has 6 aromatic rings. The van der Waals surface area contributed by atoms with Crippen molar-refractivity contribution in [2.45, 2.75) is 66.2 Å². The van der Waals surface area contributed by atoms with Gasteiger partial charge in [0.15, 0.2) is 11.3 Å². The average molecular weight is 1020 g/mol. The number of nitrogen functional groups attached to an aromatic ring is 2. The van der Waals surface area contributed by atoms with E-state index in [1.54, 1.807) is 50.5 Å². The maximum Gasteiger partial charge on any atom is 0.251 e. The minimum absolute atomic E-state index is 0.0498. The van der Waals surface area contributed by atoms with Crippen LogP contribution in [0.25, 0.3) is 44.6 Å². The summed E-state index contributed by atoms with van der Waals surface area (Å²) < 4.78 is 21.2. The fourth-order valence-corrected chi connectivity index (χ4v) is 8.14. The van der Waals surface area contributed by atoms with Crippen LogP contribution in [0.15, 0.2) is 72.8 Å². The van der Waals surface area contributed by atoms with Crippen molar-refractivity contribution >= 4 is 63.1 Å². The summed E-state index contributed by atoms with van der Waals surface area (Å²) in [5.74, 6) is 1.01. The second kappa shape index (κ2) is 27.8. The lowest BCUT2D eigenvalue weighted by molar-refractivity contribution is 0.0955. The van der Waals surface area contributed by atoms with Crippen LogP contribution in [-0.4, -0.2) is 135 Å². The van der Waals surface area contributed by atoms with E-state index in [1.807, 2.05) is 50.2 Å². The minimum atomic E-state index is -0.155. The van der Waals surface area contributed by atoms with Gasteiger partial charge in [-0.1, -0.05) is 38.1 Å². The second-order valence-corrected chi connectivity index (χ2v) is 18.7. The molecule has 19 heteroatoms. The minimum Gasteiger partial charge on any atom is -0.383 e. The molecule has 6 heterocycles. The van der Waals surface area contributed by atoms with Crippen LogP contribution in [0, 0.1) is 10.8 Å². The Hall–Kier alpha value is -6.15. The summed E-state index contributed by atoms with van der Waals surface area (Å²) >= 11 is 5.81. The molecule has 0 unspecified atom stereocenters. The monoisotopic (exact) mass is 1020 g/mol. The van der Waals surface area contributed by atoms with E-state index in [1.165, 1.54) is 32.2 Å². The number of pyridine rings is 2. The first-order valence-corrected chi connectivity index (χ1v) is 25.7. The fraction of sp³-hybridized carbons (Fsp3) is 0.481. The molecule has 2 aliphatic carbocycles. The quantitative estimate of drug-likeness (QED) is 0.0615. The second-order valence-electron chi connectivity index (χ2n) is 18.3. The number of nitrogens with zero attached hydrogens (tertiary/aromatic N) is 7. The highest BCUT2D eigenvalue weighted by molar-refractivity contribution is 6.28. The largest absolute Gasteiger partial charge is 0.383 e. The van der Waals surface area contributed by atoms with E-state index in [9.17, 15) is 9.59 Å². The van der Waals surface area contributed by atoms with Crippen LogP contribution < -0.4 is 32.3 Å². The van der Waals surface area contributed by atoms with E-state index in [0.717, 1.165) is 101 Å². The van der Waals surface area contributed by atoms with Gasteiger partial charge in [0.2, 0.25) is 11.2 Å². The first-order chi connectivity index (χ1) is 35.4. The Morgan fingerprint density at radius 3 is 1.71 bits per heavy atom. The Morgan fingerprint density at radius 1 is 0.685 bits per heavy atom. The maximum absolute atomic E-state index is 12.0. The van der Waals surface area contributed by atoms with Crippen molar-refractivity contribution in [2.24, 2.45) is 10.8 Å². The van der Waals surface area contributed by atoms with Gasteiger partial charge in [0.1, 0.15) is 11.6 Å². The van der Waals surface area contributed by atoms with Crippen molar-refractivity contribution in [1.82, 2.24) is 45.9 Å². The van der Waals surface area contributed by atoms with Crippen molar-refractivity contribution in [2.75, 3.05) is 109 Å². The van der Waals surface area contributed by atoms with E-state index in [-0.39, 0.29) is 28.3 Å². The zero-order valence-corrected chi connectivity index (χ0v) is 44.0. The molecular formula is C54H73ClN12O6. The predicted molar refractivity (Wildman–Crippen MR) is 290 cm³/mol. The number of hydrogen-bond donors (Lipinski definition) is 5. The molecule has 18 nitrogen and oxygen atoms in total. The molecule has 0 atom stereocenters. The molecule has 2 saturated carbocycles. The summed E-state index contributed by atoms with van der Waals surface area (Å²) in [6.45, 7) is 19.0. The third-order valence-electron chi connectivity index (χ3n) is 12.5. The van der Waals surface area contributed by atoms with Crippen molar-refractivity contribution in [1.29, 1.82) is 0 Å². The highest BCUT2D eigenvalue weighted by Crippen LogP contribution is 2.48. The van der Waals surface area contributed by atoms with Crippen LogP contribution in [0.4, 0.5) is 17.6 Å². The smallest absolute Gasteiger partial charge is 0.251 e. The van der Waals surface area contributed by atoms with Gasteiger partial charge in [0.25, 0.3) is 11.8 Å². The van der Waals surface area contributed by atoms with Gasteiger partial charge in [-0.25, -0.2) is 15.0 Å². The van der Waals surface area contributed by atoms with E-state index in [0.29, 0.717) is 57.3 Å². The molecule has 2 amide bonds. The number of carbonyl (C=O) groups is 2. The zero-order chi connectivity index (χ0) is 52.2. The van der Waals surface area contributed by atoms with Gasteiger partial charge in [-0.2, -0.15) is 15.0 Å². The number of nitrogens with one attached hydrogen (secondary N) is 3. The molecule has 4 aliphatic rings. The number of aromatic nitrogens is 6. The van der Waals surface area contributed by atoms with Gasteiger partial charge < -0.3 is 51.3 Å². The average Bonchev–Trinajstić information content (AvgIpc) is 4.37. The van der Waals surface area contributed by atoms with Gasteiger partial charge in [0, 0.05) is 99.8 Å². The third kappa shape index (κ3) is 16.4. The number of fused-ring (bicyclic) bond motifs is 2. The van der Waals surface area contributed by atoms with E-state index < -0.39 is 0 Å². The Morgan fingerprint density at radius 2 is 1.21 bits per heavy atom. The lowest BCUT2D eigenvalue weighted by Gasteiger charge is -2.23. The number of carbonyl (C=O) groups excluding carboxylic acids is 2. The van der Waals surface area contributed by atoms with Gasteiger partial charge in [0.05, 0.1) is 48.6 Å². The number of benzene rings is 2. The van der Waals surface area contributed by atoms with Crippen molar-refractivity contribution < 1.29 is 28.5 Å². The molecule has 0 bridgehead atoms. The number of nitrogens with two attached hydrogens (primary N) is 2. The van der Waals surface area contributed by atoms with E-state index in [4.69, 9.17) is 52.0 Å². The lowest BCUT2D eigenvalue weighted by atomic mass is 10.1. The molecule has 2 aliphatic heterocycles. The van der Waals surface area contributed by atoms with Crippen LogP contribution >= 0.6 is 11.6 Å². The van der Waals surface area contributed by atoms with Crippen LogP contribution in [0.5, 0.6) is 0 Å². The first-order valence-electron chi connectivity index (χ1n) is 25.4. The Balaban J connectivity index is 0.000000175. The van der Waals surface area contributed by atoms with Crippen LogP contribution in [-0.2, 0) is 18.9 Å². The Bertz CT molecular complexity index is 2710. The fourth-order valence-electron chi connectivity index (χ4n) is 7.97. The number of halogens is 1. The number of hydrogen-bond acceptors (Lipinski definition) is 16. The van der Waals surface area contributed by atoms with Crippen LogP contribution in [0.2, 0.25) is 5.28 Å². The normalized spacial score (nSPS) is 15.9. The summed E-state index contributed by atoms with van der Waals surface area (Å²) in [6.07, 6.45) is 7.37. The van der Waals surface area contributed by atoms with Crippen molar-refractivity contribution in [3.05, 3.63) is 89.2 Å². The van der Waals surface area contributed by atoms with Crippen molar-refractivity contribution in [3.63, 3.8) is 0 Å². The molecule has 0 radical (unpaired) electrons. The molecule has 2 saturated heterocycles. The third-order valence-corrected chi connectivity index (χ3v) is 12.7. The number of rotatable bonds is 11. The summed E-state index contributed by atoms with van der Waals surface area (Å²) in [4.78, 5) is 52.3. The molecule has 4 aromatic heterocycles. The molecule has 7 N–H and O–H groups in total. The number of anilines is 3. The first kappa shape index (κ1) is 56.2.